The van der Waals surface area contributed by atoms with Gasteiger partial charge in [-0.1, -0.05) is 36.3 Å². The monoisotopic (exact) mass is 422 g/mol. The Labute approximate surface area is 185 Å². The zero-order chi connectivity index (χ0) is 21.4. The lowest BCUT2D eigenvalue weighted by Crippen LogP contribution is -2.50. The van der Waals surface area contributed by atoms with E-state index in [2.05, 4.69) is 54.1 Å². The number of rotatable bonds is 9. The smallest absolute Gasteiger partial charge is 0.365 e. The predicted octanol–water partition coefficient (Wildman–Crippen LogP) is 4.35. The summed E-state index contributed by atoms with van der Waals surface area (Å²) < 4.78 is 1.15. The minimum absolute atomic E-state index is 0.0884. The largest absolute Gasteiger partial charge is 0.371 e. The highest BCUT2D eigenvalue weighted by atomic mass is 16.3. The lowest BCUT2D eigenvalue weighted by atomic mass is 9.97. The maximum atomic E-state index is 12.8. The number of nitrogens with zero attached hydrogens (tertiary/aromatic N) is 2. The number of nitrogens with one attached hydrogen (secondary N) is 3. The summed E-state index contributed by atoms with van der Waals surface area (Å²) in [6.45, 7) is 5.27. The van der Waals surface area contributed by atoms with Gasteiger partial charge in [0.2, 0.25) is 0 Å². The van der Waals surface area contributed by atoms with Crippen molar-refractivity contribution in [3.05, 3.63) is 39.8 Å². The van der Waals surface area contributed by atoms with E-state index >= 15 is 0 Å². The molecule has 2 aliphatic heterocycles. The van der Waals surface area contributed by atoms with Crippen LogP contribution in [0.4, 0.5) is 5.69 Å². The first-order chi connectivity index (χ1) is 15.1. The average molecular weight is 423 g/mol. The van der Waals surface area contributed by atoms with Crippen molar-refractivity contribution in [2.24, 2.45) is 10.9 Å². The fourth-order valence-electron chi connectivity index (χ4n) is 5.20. The summed E-state index contributed by atoms with van der Waals surface area (Å²) >= 11 is 0. The quantitative estimate of drug-likeness (QED) is 0.518. The van der Waals surface area contributed by atoms with E-state index in [0.717, 1.165) is 53.8 Å². The molecule has 0 spiro atoms. The van der Waals surface area contributed by atoms with Crippen LogP contribution in [-0.4, -0.2) is 41.6 Å². The van der Waals surface area contributed by atoms with Crippen molar-refractivity contribution in [1.82, 2.24) is 10.6 Å². The summed E-state index contributed by atoms with van der Waals surface area (Å²) in [7, 11) is 0. The third-order valence-electron chi connectivity index (χ3n) is 7.29. The van der Waals surface area contributed by atoms with E-state index in [0.29, 0.717) is 23.8 Å². The molecule has 2 saturated carbocycles. The highest BCUT2D eigenvalue weighted by molar-refractivity contribution is 6.02. The van der Waals surface area contributed by atoms with E-state index in [1.165, 1.54) is 31.2 Å². The Morgan fingerprint density at radius 1 is 1.23 bits per heavy atom. The molecule has 4 aliphatic rings. The molecule has 6 heteroatoms. The van der Waals surface area contributed by atoms with Gasteiger partial charge in [-0.3, -0.25) is 5.32 Å². The van der Waals surface area contributed by atoms with Gasteiger partial charge in [0.1, 0.15) is 6.17 Å². The van der Waals surface area contributed by atoms with E-state index in [4.69, 9.17) is 4.99 Å². The number of nitroso groups, excluding NO2 is 1. The summed E-state index contributed by atoms with van der Waals surface area (Å²) in [5.41, 5.74) is 4.44. The van der Waals surface area contributed by atoms with Gasteiger partial charge >= 0.3 is 12.0 Å². The zero-order valence-electron chi connectivity index (χ0n) is 18.9. The Bertz CT molecular complexity index is 897. The van der Waals surface area contributed by atoms with Gasteiger partial charge in [-0.25, -0.2) is 0 Å². The number of aliphatic imine (C=N–C) groups is 1. The van der Waals surface area contributed by atoms with Crippen molar-refractivity contribution in [3.8, 4) is 0 Å². The highest BCUT2D eigenvalue weighted by Gasteiger charge is 2.54. The van der Waals surface area contributed by atoms with Crippen LogP contribution in [0.15, 0.2) is 28.8 Å². The van der Waals surface area contributed by atoms with E-state index in [1.807, 2.05) is 0 Å². The SMILES string of the molecule is CCC(CCNC1Nc2ccc(C)cc2C=C1C1=NC(C2CC2)[N+]1=O)NC1CCCC1. The molecule has 31 heavy (non-hydrogen) atoms. The Balaban J connectivity index is 1.28. The Kier molecular flexibility index (Phi) is 5.93. The minimum atomic E-state index is -0.157. The molecule has 1 aromatic carbocycles. The second kappa shape index (κ2) is 8.83. The first-order valence-corrected chi connectivity index (χ1v) is 12.2. The van der Waals surface area contributed by atoms with Crippen molar-refractivity contribution < 1.29 is 4.76 Å². The Morgan fingerprint density at radius 3 is 2.74 bits per heavy atom. The fraction of sp³-hybridized carbons (Fsp3) is 0.640. The molecule has 2 fully saturated rings. The molecule has 3 atom stereocenters. The summed E-state index contributed by atoms with van der Waals surface area (Å²) in [5, 5.41) is 11.2. The standard InChI is InChI=1S/C25H36N5O/c1-3-19(27-20-6-4-5-7-20)12-13-26-23-21(25-29-24(30(25)31)17-9-10-17)15-18-14-16(2)8-11-22(18)28-23/h8,11,14-15,17,19-20,23-24,26-28H,3-7,9-10,12-13H2,1-2H3/q+1. The molecule has 2 aliphatic carbocycles. The molecule has 3 unspecified atom stereocenters. The van der Waals surface area contributed by atoms with Gasteiger partial charge < -0.3 is 10.6 Å². The van der Waals surface area contributed by atoms with E-state index < -0.39 is 0 Å². The van der Waals surface area contributed by atoms with Gasteiger partial charge in [0.25, 0.3) is 0 Å². The van der Waals surface area contributed by atoms with Gasteiger partial charge in [0, 0.05) is 28.4 Å². The Morgan fingerprint density at radius 2 is 2.03 bits per heavy atom. The van der Waals surface area contributed by atoms with Crippen LogP contribution >= 0.6 is 0 Å². The third-order valence-corrected chi connectivity index (χ3v) is 7.29. The molecule has 2 heterocycles. The number of amidine groups is 1. The second-order valence-corrected chi connectivity index (χ2v) is 9.79. The van der Waals surface area contributed by atoms with E-state index in [-0.39, 0.29) is 12.3 Å². The fourth-order valence-corrected chi connectivity index (χ4v) is 5.20. The first-order valence-electron chi connectivity index (χ1n) is 12.2. The average Bonchev–Trinajstić information content (AvgIpc) is 3.45. The van der Waals surface area contributed by atoms with Crippen LogP contribution in [0.1, 0.15) is 69.4 Å². The first kappa shape index (κ1) is 20.8. The number of benzene rings is 1. The molecular weight excluding hydrogens is 386 g/mol. The predicted molar refractivity (Wildman–Crippen MR) is 126 cm³/mol. The number of anilines is 1. The minimum Gasteiger partial charge on any atom is -0.365 e. The molecular formula is C25H36N5O+. The van der Waals surface area contributed by atoms with Crippen LogP contribution < -0.4 is 16.0 Å². The third kappa shape index (κ3) is 4.46. The van der Waals surface area contributed by atoms with E-state index in [1.54, 1.807) is 0 Å². The zero-order valence-corrected chi connectivity index (χ0v) is 18.9. The van der Waals surface area contributed by atoms with Crippen LogP contribution in [0.25, 0.3) is 6.08 Å². The van der Waals surface area contributed by atoms with E-state index in [9.17, 15) is 4.91 Å². The van der Waals surface area contributed by atoms with Gasteiger partial charge in [-0.2, -0.15) is 0 Å². The summed E-state index contributed by atoms with van der Waals surface area (Å²) in [6, 6.07) is 7.67. The molecule has 6 nitrogen and oxygen atoms in total. The van der Waals surface area contributed by atoms with Gasteiger partial charge in [0.05, 0.1) is 5.57 Å². The molecule has 5 rings (SSSR count). The highest BCUT2D eigenvalue weighted by Crippen LogP contribution is 2.40. The molecule has 3 N–H and O–H groups in total. The van der Waals surface area contributed by atoms with Crippen molar-refractivity contribution in [1.29, 1.82) is 0 Å². The van der Waals surface area contributed by atoms with Crippen LogP contribution in [0.2, 0.25) is 0 Å². The number of hydrogen-bond acceptors (Lipinski definition) is 5. The van der Waals surface area contributed by atoms with Gasteiger partial charge in [0.15, 0.2) is 0 Å². The van der Waals surface area contributed by atoms with Crippen molar-refractivity contribution in [2.75, 3.05) is 11.9 Å². The lowest BCUT2D eigenvalue weighted by Gasteiger charge is -2.30. The van der Waals surface area contributed by atoms with Crippen LogP contribution in [0.3, 0.4) is 0 Å². The maximum Gasteiger partial charge on any atom is 0.371 e. The molecule has 0 radical (unpaired) electrons. The number of aryl methyl sites for hydroxylation is 1. The van der Waals surface area contributed by atoms with Crippen molar-refractivity contribution in [2.45, 2.75) is 89.6 Å². The number of fused-ring (bicyclic) bond motifs is 1. The molecule has 0 bridgehead atoms. The van der Waals surface area contributed by atoms with Crippen molar-refractivity contribution in [3.63, 3.8) is 0 Å². The summed E-state index contributed by atoms with van der Waals surface area (Å²) in [4.78, 5) is 17.5. The lowest BCUT2D eigenvalue weighted by molar-refractivity contribution is -0.508. The molecule has 0 amide bonds. The van der Waals surface area contributed by atoms with Crippen LogP contribution in [0.5, 0.6) is 0 Å². The van der Waals surface area contributed by atoms with Gasteiger partial charge in [-0.05, 0) is 80.8 Å². The molecule has 166 valence electrons. The molecule has 1 aromatic rings. The van der Waals surface area contributed by atoms with Gasteiger partial charge in [-0.15, -0.1) is 0 Å². The topological polar surface area (TPSA) is 68.5 Å². The number of hydrogen-bond donors (Lipinski definition) is 3. The van der Waals surface area contributed by atoms with Crippen molar-refractivity contribution >= 4 is 17.6 Å². The molecule has 0 aromatic heterocycles. The second-order valence-electron chi connectivity index (χ2n) is 9.79. The maximum absolute atomic E-state index is 12.8. The van der Waals surface area contributed by atoms with Crippen LogP contribution in [0, 0.1) is 17.7 Å². The molecule has 0 saturated heterocycles. The summed E-state index contributed by atoms with van der Waals surface area (Å²) in [6.07, 6.45) is 11.8. The normalized spacial score (nSPS) is 26.6. The summed E-state index contributed by atoms with van der Waals surface area (Å²) in [5.74, 6) is 1.07. The Hall–Kier alpha value is -2.05. The van der Waals surface area contributed by atoms with Crippen LogP contribution in [-0.2, 0) is 0 Å².